The van der Waals surface area contributed by atoms with E-state index in [1.54, 1.807) is 26.0 Å². The molecule has 17 heavy (non-hydrogen) atoms. The molecule has 0 spiro atoms. The van der Waals surface area contributed by atoms with Gasteiger partial charge in [-0.25, -0.2) is 0 Å². The molecule has 0 aliphatic carbocycles. The quantitative estimate of drug-likeness (QED) is 0.759. The number of hydrogen-bond acceptors (Lipinski definition) is 4. The van der Waals surface area contributed by atoms with Gasteiger partial charge in [0.25, 0.3) is 0 Å². The Labute approximate surface area is 103 Å². The largest absolute Gasteiger partial charge is 0.377 e. The van der Waals surface area contributed by atoms with E-state index in [4.69, 9.17) is 15.2 Å². The standard InChI is InChI=1S/C12H24N2O3/c1-5-6-12(2,13)11(15)14-7-9(16-3)10(8-14)17-4/h9-10H,5-8,13H2,1-4H3. The van der Waals surface area contributed by atoms with Crippen molar-refractivity contribution < 1.29 is 14.3 Å². The van der Waals surface area contributed by atoms with Crippen molar-refractivity contribution in [3.8, 4) is 0 Å². The second kappa shape index (κ2) is 5.80. The number of nitrogens with two attached hydrogens (primary N) is 1. The molecule has 1 heterocycles. The molecule has 1 fully saturated rings. The van der Waals surface area contributed by atoms with Gasteiger partial charge in [0.1, 0.15) is 12.2 Å². The second-order valence-electron chi connectivity index (χ2n) is 4.93. The van der Waals surface area contributed by atoms with Crippen molar-refractivity contribution in [3.05, 3.63) is 0 Å². The fraction of sp³-hybridized carbons (Fsp3) is 0.917. The third-order valence-corrected chi connectivity index (χ3v) is 3.37. The van der Waals surface area contributed by atoms with Crippen LogP contribution in [0.15, 0.2) is 0 Å². The fourth-order valence-corrected chi connectivity index (χ4v) is 2.35. The van der Waals surface area contributed by atoms with E-state index in [2.05, 4.69) is 0 Å². The smallest absolute Gasteiger partial charge is 0.242 e. The van der Waals surface area contributed by atoms with Crippen LogP contribution in [0.5, 0.6) is 0 Å². The Morgan fingerprint density at radius 1 is 1.35 bits per heavy atom. The summed E-state index contributed by atoms with van der Waals surface area (Å²) < 4.78 is 10.6. The summed E-state index contributed by atoms with van der Waals surface area (Å²) in [5.41, 5.74) is 5.27. The zero-order valence-electron chi connectivity index (χ0n) is 11.2. The molecule has 1 aliphatic heterocycles. The molecule has 3 unspecified atom stereocenters. The van der Waals surface area contributed by atoms with Gasteiger partial charge in [-0.1, -0.05) is 13.3 Å². The fourth-order valence-electron chi connectivity index (χ4n) is 2.35. The molecule has 1 rings (SSSR count). The maximum atomic E-state index is 12.3. The molecule has 1 saturated heterocycles. The van der Waals surface area contributed by atoms with Crippen LogP contribution in [0.25, 0.3) is 0 Å². The molecular formula is C12H24N2O3. The van der Waals surface area contributed by atoms with Gasteiger partial charge in [0.2, 0.25) is 5.91 Å². The highest BCUT2D eigenvalue weighted by molar-refractivity contribution is 5.86. The summed E-state index contributed by atoms with van der Waals surface area (Å²) in [6.07, 6.45) is 1.48. The van der Waals surface area contributed by atoms with E-state index in [9.17, 15) is 4.79 Å². The van der Waals surface area contributed by atoms with Gasteiger partial charge in [-0.15, -0.1) is 0 Å². The first-order valence-corrected chi connectivity index (χ1v) is 6.10. The number of likely N-dealkylation sites (tertiary alicyclic amines) is 1. The molecule has 1 amide bonds. The van der Waals surface area contributed by atoms with Gasteiger partial charge < -0.3 is 20.1 Å². The Morgan fingerprint density at radius 3 is 2.18 bits per heavy atom. The van der Waals surface area contributed by atoms with Crippen molar-refractivity contribution in [2.45, 2.75) is 44.4 Å². The molecule has 5 heteroatoms. The van der Waals surface area contributed by atoms with Crippen molar-refractivity contribution in [1.82, 2.24) is 4.90 Å². The number of rotatable bonds is 5. The second-order valence-corrected chi connectivity index (χ2v) is 4.93. The summed E-state index contributed by atoms with van der Waals surface area (Å²) >= 11 is 0. The molecule has 2 N–H and O–H groups in total. The van der Waals surface area contributed by atoms with Gasteiger partial charge in [-0.3, -0.25) is 4.79 Å². The van der Waals surface area contributed by atoms with Crippen molar-refractivity contribution in [3.63, 3.8) is 0 Å². The number of amides is 1. The van der Waals surface area contributed by atoms with Gasteiger partial charge in [0.15, 0.2) is 0 Å². The van der Waals surface area contributed by atoms with Crippen LogP contribution in [0.4, 0.5) is 0 Å². The van der Waals surface area contributed by atoms with Gasteiger partial charge in [0.05, 0.1) is 5.54 Å². The topological polar surface area (TPSA) is 64.8 Å². The van der Waals surface area contributed by atoms with E-state index < -0.39 is 5.54 Å². The highest BCUT2D eigenvalue weighted by atomic mass is 16.5. The minimum atomic E-state index is -0.782. The van der Waals surface area contributed by atoms with Crippen LogP contribution in [0.3, 0.4) is 0 Å². The zero-order chi connectivity index (χ0) is 13.1. The summed E-state index contributed by atoms with van der Waals surface area (Å²) in [7, 11) is 3.27. The van der Waals surface area contributed by atoms with Crippen molar-refractivity contribution >= 4 is 5.91 Å². The molecule has 100 valence electrons. The lowest BCUT2D eigenvalue weighted by Gasteiger charge is -2.28. The van der Waals surface area contributed by atoms with E-state index in [0.717, 1.165) is 6.42 Å². The third-order valence-electron chi connectivity index (χ3n) is 3.37. The number of methoxy groups -OCH3 is 2. The number of ether oxygens (including phenoxy) is 2. The molecule has 3 atom stereocenters. The van der Waals surface area contributed by atoms with E-state index in [0.29, 0.717) is 19.5 Å². The predicted molar refractivity (Wildman–Crippen MR) is 65.7 cm³/mol. The first kappa shape index (κ1) is 14.4. The normalized spacial score (nSPS) is 28.2. The number of carbonyl (C=O) groups is 1. The van der Waals surface area contributed by atoms with Crippen LogP contribution in [0, 0.1) is 0 Å². The van der Waals surface area contributed by atoms with E-state index in [1.807, 2.05) is 6.92 Å². The zero-order valence-corrected chi connectivity index (χ0v) is 11.2. The molecular weight excluding hydrogens is 220 g/mol. The first-order valence-electron chi connectivity index (χ1n) is 6.10. The molecule has 0 aromatic heterocycles. The lowest BCUT2D eigenvalue weighted by molar-refractivity contribution is -0.136. The summed E-state index contributed by atoms with van der Waals surface area (Å²) in [6.45, 7) is 4.94. The van der Waals surface area contributed by atoms with E-state index in [-0.39, 0.29) is 18.1 Å². The van der Waals surface area contributed by atoms with Gasteiger partial charge in [0, 0.05) is 27.3 Å². The highest BCUT2D eigenvalue weighted by Gasteiger charge is 2.40. The minimum absolute atomic E-state index is 0.0130. The number of nitrogens with zero attached hydrogens (tertiary/aromatic N) is 1. The summed E-state index contributed by atoms with van der Waals surface area (Å²) in [6, 6.07) is 0. The van der Waals surface area contributed by atoms with E-state index in [1.165, 1.54) is 0 Å². The van der Waals surface area contributed by atoms with E-state index >= 15 is 0 Å². The molecule has 0 saturated carbocycles. The lowest BCUT2D eigenvalue weighted by atomic mass is 9.96. The Hall–Kier alpha value is -0.650. The highest BCUT2D eigenvalue weighted by Crippen LogP contribution is 2.20. The van der Waals surface area contributed by atoms with Gasteiger partial charge >= 0.3 is 0 Å². The van der Waals surface area contributed by atoms with Gasteiger partial charge in [-0.05, 0) is 13.3 Å². The van der Waals surface area contributed by atoms with Crippen LogP contribution in [0.2, 0.25) is 0 Å². The predicted octanol–water partition coefficient (Wildman–Crippen LogP) is 0.376. The van der Waals surface area contributed by atoms with Crippen LogP contribution < -0.4 is 5.73 Å². The van der Waals surface area contributed by atoms with Gasteiger partial charge in [-0.2, -0.15) is 0 Å². The van der Waals surface area contributed by atoms with Crippen molar-refractivity contribution in [2.75, 3.05) is 27.3 Å². The SMILES string of the molecule is CCCC(C)(N)C(=O)N1CC(OC)C(OC)C1. The molecule has 1 aliphatic rings. The van der Waals surface area contributed by atoms with Crippen LogP contribution in [-0.4, -0.2) is 55.9 Å². The maximum Gasteiger partial charge on any atom is 0.242 e. The summed E-state index contributed by atoms with van der Waals surface area (Å²) in [5.74, 6) is -0.0130. The number of hydrogen-bond donors (Lipinski definition) is 1. The lowest BCUT2D eigenvalue weighted by Crippen LogP contribution is -2.52. The Morgan fingerprint density at radius 2 is 1.82 bits per heavy atom. The summed E-state index contributed by atoms with van der Waals surface area (Å²) in [5, 5.41) is 0. The van der Waals surface area contributed by atoms with Crippen molar-refractivity contribution in [2.24, 2.45) is 5.73 Å². The average Bonchev–Trinajstić information content (AvgIpc) is 2.70. The molecule has 0 bridgehead atoms. The maximum absolute atomic E-state index is 12.3. The van der Waals surface area contributed by atoms with Crippen LogP contribution in [-0.2, 0) is 14.3 Å². The molecule has 5 nitrogen and oxygen atoms in total. The average molecular weight is 244 g/mol. The summed E-state index contributed by atoms with van der Waals surface area (Å²) in [4.78, 5) is 14.0. The Kier molecular flexibility index (Phi) is 4.91. The Balaban J connectivity index is 2.66. The number of carbonyl (C=O) groups excluding carboxylic acids is 1. The van der Waals surface area contributed by atoms with Crippen molar-refractivity contribution in [1.29, 1.82) is 0 Å². The Bertz CT molecular complexity index is 256. The monoisotopic (exact) mass is 244 g/mol. The molecule has 0 aromatic rings. The van der Waals surface area contributed by atoms with Crippen LogP contribution >= 0.6 is 0 Å². The first-order chi connectivity index (χ1) is 7.96. The third kappa shape index (κ3) is 3.18. The van der Waals surface area contributed by atoms with Crippen LogP contribution in [0.1, 0.15) is 26.7 Å². The molecule has 0 aromatic carbocycles. The minimum Gasteiger partial charge on any atom is -0.377 e. The molecule has 0 radical (unpaired) electrons.